The molecule has 0 atom stereocenters. The monoisotopic (exact) mass is 324 g/mol. The molecule has 0 heterocycles. The maximum absolute atomic E-state index is 10.6. The molecule has 0 radical (unpaired) electrons. The van der Waals surface area contributed by atoms with Crippen molar-refractivity contribution < 1.29 is 19.9 Å². The molecule has 1 amide bonds. The Morgan fingerprint density at radius 1 is 1.53 bits per heavy atom. The largest absolute Gasteiger partial charge is 0.507 e. The minimum Gasteiger partial charge on any atom is -0.507 e. The van der Waals surface area contributed by atoms with Crippen molar-refractivity contribution in [3.05, 3.63) is 25.8 Å². The Morgan fingerprint density at radius 2 is 2.13 bits per heavy atom. The second-order valence-corrected chi connectivity index (χ2v) is 3.67. The topological polar surface area (TPSA) is 113 Å². The van der Waals surface area contributed by atoms with Crippen LogP contribution in [-0.4, -0.2) is 21.2 Å². The first-order valence-electron chi connectivity index (χ1n) is 3.58. The van der Waals surface area contributed by atoms with Crippen LogP contribution >= 0.6 is 22.6 Å². The van der Waals surface area contributed by atoms with E-state index in [1.807, 2.05) is 5.32 Å². The molecule has 1 aromatic rings. The number of hydrogen-bond acceptors (Lipinski definition) is 4. The van der Waals surface area contributed by atoms with Gasteiger partial charge in [0.1, 0.15) is 11.4 Å². The third kappa shape index (κ3) is 2.68. The molecular formula is C7H5IN2O5. The van der Waals surface area contributed by atoms with Crippen LogP contribution in [0.5, 0.6) is 5.75 Å². The quantitative estimate of drug-likeness (QED) is 0.437. The smallest absolute Gasteiger partial charge is 0.409 e. The highest BCUT2D eigenvalue weighted by atomic mass is 127. The number of aromatic hydroxyl groups is 1. The van der Waals surface area contributed by atoms with E-state index in [-0.39, 0.29) is 15.0 Å². The summed E-state index contributed by atoms with van der Waals surface area (Å²) in [6.07, 6.45) is -1.43. The molecule has 0 saturated carbocycles. The lowest BCUT2D eigenvalue weighted by Gasteiger charge is -2.04. The number of rotatable bonds is 2. The first kappa shape index (κ1) is 11.5. The fourth-order valence-corrected chi connectivity index (χ4v) is 1.37. The number of benzene rings is 1. The molecule has 0 aromatic heterocycles. The second-order valence-electron chi connectivity index (χ2n) is 2.51. The van der Waals surface area contributed by atoms with Gasteiger partial charge in [-0.25, -0.2) is 4.79 Å². The standard InChI is InChI=1S/C7H5IN2O5/c8-3-1-5(10(14)15)4(2-6(3)11)9-7(12)13/h1-2,9,11H,(H,12,13). The Labute approximate surface area is 97.0 Å². The average Bonchev–Trinajstić information content (AvgIpc) is 2.09. The van der Waals surface area contributed by atoms with Gasteiger partial charge in [0.15, 0.2) is 0 Å². The molecule has 0 bridgehead atoms. The number of nitro groups is 1. The predicted molar refractivity (Wildman–Crippen MR) is 59.1 cm³/mol. The number of phenolic OH excluding ortho intramolecular Hbond substituents is 1. The number of hydrogen-bond donors (Lipinski definition) is 3. The fraction of sp³-hybridized carbons (Fsp3) is 0. The summed E-state index contributed by atoms with van der Waals surface area (Å²) in [6.45, 7) is 0. The van der Waals surface area contributed by atoms with Crippen molar-refractivity contribution in [1.29, 1.82) is 0 Å². The summed E-state index contributed by atoms with van der Waals surface area (Å²) in [7, 11) is 0. The predicted octanol–water partition coefficient (Wildman–Crippen LogP) is 1.99. The molecule has 80 valence electrons. The van der Waals surface area contributed by atoms with Gasteiger partial charge in [-0.05, 0) is 22.6 Å². The molecule has 0 fully saturated rings. The molecule has 1 aromatic carbocycles. The highest BCUT2D eigenvalue weighted by Gasteiger charge is 2.18. The van der Waals surface area contributed by atoms with Crippen LogP contribution in [0.25, 0.3) is 0 Å². The summed E-state index contributed by atoms with van der Waals surface area (Å²) in [5, 5.41) is 30.1. The Hall–Kier alpha value is -1.58. The summed E-state index contributed by atoms with van der Waals surface area (Å²) < 4.78 is 0.273. The van der Waals surface area contributed by atoms with Crippen molar-refractivity contribution in [2.24, 2.45) is 0 Å². The van der Waals surface area contributed by atoms with Gasteiger partial charge in [-0.1, -0.05) is 0 Å². The number of nitro benzene ring substituents is 1. The highest BCUT2D eigenvalue weighted by molar-refractivity contribution is 14.1. The van der Waals surface area contributed by atoms with Gasteiger partial charge in [0, 0.05) is 12.1 Å². The molecule has 3 N–H and O–H groups in total. The van der Waals surface area contributed by atoms with Crippen molar-refractivity contribution in [2.45, 2.75) is 0 Å². The summed E-state index contributed by atoms with van der Waals surface area (Å²) in [5.41, 5.74) is -0.662. The van der Waals surface area contributed by atoms with E-state index in [0.717, 1.165) is 12.1 Å². The Morgan fingerprint density at radius 3 is 2.60 bits per heavy atom. The first-order chi connectivity index (χ1) is 6.91. The number of nitrogens with one attached hydrogen (secondary N) is 1. The lowest BCUT2D eigenvalue weighted by Crippen LogP contribution is -2.09. The van der Waals surface area contributed by atoms with Gasteiger partial charge in [-0.2, -0.15) is 0 Å². The summed E-state index contributed by atoms with van der Waals surface area (Å²) >= 11 is 1.70. The third-order valence-corrected chi connectivity index (χ3v) is 2.37. The fourth-order valence-electron chi connectivity index (χ4n) is 0.918. The van der Waals surface area contributed by atoms with Crippen LogP contribution in [0.3, 0.4) is 0 Å². The van der Waals surface area contributed by atoms with E-state index in [0.29, 0.717) is 0 Å². The lowest BCUT2D eigenvalue weighted by atomic mass is 10.2. The van der Waals surface area contributed by atoms with Crippen LogP contribution < -0.4 is 5.32 Å². The van der Waals surface area contributed by atoms with E-state index >= 15 is 0 Å². The van der Waals surface area contributed by atoms with E-state index < -0.39 is 16.7 Å². The van der Waals surface area contributed by atoms with Gasteiger partial charge in [0.05, 0.1) is 8.49 Å². The average molecular weight is 324 g/mol. The third-order valence-electron chi connectivity index (χ3n) is 1.50. The minimum atomic E-state index is -1.43. The molecule has 1 rings (SSSR count). The van der Waals surface area contributed by atoms with Crippen molar-refractivity contribution in [2.75, 3.05) is 5.32 Å². The minimum absolute atomic E-state index is 0.218. The molecule has 0 saturated heterocycles. The molecule has 0 spiro atoms. The molecular weight excluding hydrogens is 319 g/mol. The Balaban J connectivity index is 3.28. The Bertz CT molecular complexity index is 434. The summed E-state index contributed by atoms with van der Waals surface area (Å²) in [6, 6.07) is 2.08. The van der Waals surface area contributed by atoms with Crippen molar-refractivity contribution in [1.82, 2.24) is 0 Å². The van der Waals surface area contributed by atoms with E-state index in [9.17, 15) is 20.0 Å². The number of amides is 1. The number of carboxylic acid groups (broad SMARTS) is 1. The van der Waals surface area contributed by atoms with Crippen molar-refractivity contribution >= 4 is 40.1 Å². The highest BCUT2D eigenvalue weighted by Crippen LogP contribution is 2.32. The lowest BCUT2D eigenvalue weighted by molar-refractivity contribution is -0.384. The number of halogens is 1. The van der Waals surface area contributed by atoms with E-state index in [1.165, 1.54) is 0 Å². The molecule has 0 unspecified atom stereocenters. The summed E-state index contributed by atoms with van der Waals surface area (Å²) in [5.74, 6) is -0.218. The van der Waals surface area contributed by atoms with Gasteiger partial charge in [-0.3, -0.25) is 15.4 Å². The molecule has 0 aliphatic rings. The zero-order valence-corrected chi connectivity index (χ0v) is 9.26. The molecule has 0 aliphatic heterocycles. The van der Waals surface area contributed by atoms with Gasteiger partial charge in [-0.15, -0.1) is 0 Å². The SMILES string of the molecule is O=C(O)Nc1cc(O)c(I)cc1[N+](=O)[O-]. The van der Waals surface area contributed by atoms with Crippen molar-refractivity contribution in [3.63, 3.8) is 0 Å². The number of phenols is 1. The van der Waals surface area contributed by atoms with Crippen LogP contribution in [-0.2, 0) is 0 Å². The van der Waals surface area contributed by atoms with E-state index in [2.05, 4.69) is 0 Å². The van der Waals surface area contributed by atoms with Crippen molar-refractivity contribution in [3.8, 4) is 5.75 Å². The van der Waals surface area contributed by atoms with Gasteiger partial charge in [0.2, 0.25) is 0 Å². The van der Waals surface area contributed by atoms with Crippen LogP contribution in [0, 0.1) is 13.7 Å². The van der Waals surface area contributed by atoms with Crippen LogP contribution in [0.4, 0.5) is 16.2 Å². The molecule has 0 aliphatic carbocycles. The first-order valence-corrected chi connectivity index (χ1v) is 4.66. The Kier molecular flexibility index (Phi) is 3.29. The number of anilines is 1. The van der Waals surface area contributed by atoms with Gasteiger partial charge >= 0.3 is 6.09 Å². The van der Waals surface area contributed by atoms with E-state index in [1.54, 1.807) is 22.6 Å². The molecule has 8 heteroatoms. The zero-order valence-electron chi connectivity index (χ0n) is 7.10. The summed E-state index contributed by atoms with van der Waals surface area (Å²) in [4.78, 5) is 20.1. The van der Waals surface area contributed by atoms with Crippen LogP contribution in [0.15, 0.2) is 12.1 Å². The number of carbonyl (C=O) groups is 1. The number of nitrogens with zero attached hydrogens (tertiary/aromatic N) is 1. The zero-order chi connectivity index (χ0) is 11.6. The van der Waals surface area contributed by atoms with Gasteiger partial charge < -0.3 is 10.2 Å². The second kappa shape index (κ2) is 4.29. The molecule has 15 heavy (non-hydrogen) atoms. The normalized spacial score (nSPS) is 9.67. The maximum Gasteiger partial charge on any atom is 0.409 e. The molecule has 7 nitrogen and oxygen atoms in total. The van der Waals surface area contributed by atoms with Crippen LogP contribution in [0.1, 0.15) is 0 Å². The van der Waals surface area contributed by atoms with Crippen LogP contribution in [0.2, 0.25) is 0 Å². The van der Waals surface area contributed by atoms with E-state index in [4.69, 9.17) is 5.11 Å². The maximum atomic E-state index is 10.6. The van der Waals surface area contributed by atoms with Gasteiger partial charge in [0.25, 0.3) is 5.69 Å².